The molecule has 1 heterocycles. The van der Waals surface area contributed by atoms with Gasteiger partial charge in [0.15, 0.2) is 5.78 Å². The van der Waals surface area contributed by atoms with Crippen molar-refractivity contribution in [1.29, 1.82) is 0 Å². The number of hydrogen-bond donors (Lipinski definition) is 0. The van der Waals surface area contributed by atoms with Crippen molar-refractivity contribution in [1.82, 2.24) is 9.78 Å². The average molecular weight is 290 g/mol. The Morgan fingerprint density at radius 3 is 2.67 bits per heavy atom. The zero-order valence-electron chi connectivity index (χ0n) is 12.7. The van der Waals surface area contributed by atoms with Crippen molar-refractivity contribution in [2.45, 2.75) is 33.7 Å². The van der Waals surface area contributed by atoms with E-state index in [0.29, 0.717) is 5.75 Å². The Bertz CT molecular complexity index is 677. The van der Waals surface area contributed by atoms with Crippen molar-refractivity contribution in [3.8, 4) is 5.75 Å². The fourth-order valence-corrected chi connectivity index (χ4v) is 2.52. The summed E-state index contributed by atoms with van der Waals surface area (Å²) < 4.78 is 20.1. The molecule has 1 aromatic heterocycles. The predicted octanol–water partition coefficient (Wildman–Crippen LogP) is 3.09. The summed E-state index contributed by atoms with van der Waals surface area (Å²) in [4.78, 5) is 12.4. The highest BCUT2D eigenvalue weighted by Gasteiger charge is 2.17. The molecule has 4 nitrogen and oxygen atoms in total. The normalized spacial score (nSPS) is 10.7. The maximum Gasteiger partial charge on any atom is 0.188 e. The summed E-state index contributed by atoms with van der Waals surface area (Å²) in [6.07, 6.45) is 0.870. The van der Waals surface area contributed by atoms with Crippen LogP contribution in [-0.4, -0.2) is 22.7 Å². The molecule has 0 bridgehead atoms. The summed E-state index contributed by atoms with van der Waals surface area (Å²) >= 11 is 0. The lowest BCUT2D eigenvalue weighted by molar-refractivity contribution is 0.0963. The third-order valence-corrected chi connectivity index (χ3v) is 3.64. The van der Waals surface area contributed by atoms with Crippen molar-refractivity contribution in [3.05, 3.63) is 46.5 Å². The summed E-state index contributed by atoms with van der Waals surface area (Å²) in [7, 11) is 1.46. The zero-order valence-corrected chi connectivity index (χ0v) is 12.7. The van der Waals surface area contributed by atoms with Crippen LogP contribution in [0.15, 0.2) is 18.2 Å². The summed E-state index contributed by atoms with van der Waals surface area (Å²) in [6, 6.07) is 3.93. The Hall–Kier alpha value is -2.17. The first kappa shape index (κ1) is 15.2. The first-order valence-corrected chi connectivity index (χ1v) is 6.87. The molecule has 21 heavy (non-hydrogen) atoms. The quantitative estimate of drug-likeness (QED) is 0.795. The standard InChI is InChI=1S/C16H19FN2O2/c1-5-13-10(2)18-19(11(13)3)9-15(20)14-8-12(17)6-7-16(14)21-4/h6-8H,5,9H2,1-4H3. The smallest absolute Gasteiger partial charge is 0.188 e. The fourth-order valence-electron chi connectivity index (χ4n) is 2.52. The van der Waals surface area contributed by atoms with Gasteiger partial charge < -0.3 is 4.74 Å². The number of nitrogens with zero attached hydrogens (tertiary/aromatic N) is 2. The molecule has 0 spiro atoms. The summed E-state index contributed by atoms with van der Waals surface area (Å²) in [6.45, 7) is 6.00. The maximum absolute atomic E-state index is 13.4. The van der Waals surface area contributed by atoms with Gasteiger partial charge in [-0.05, 0) is 44.0 Å². The second-order valence-electron chi connectivity index (χ2n) is 4.93. The van der Waals surface area contributed by atoms with Gasteiger partial charge >= 0.3 is 0 Å². The zero-order chi connectivity index (χ0) is 15.6. The Kier molecular flexibility index (Phi) is 4.40. The molecule has 0 saturated carbocycles. The topological polar surface area (TPSA) is 44.1 Å². The Labute approximate surface area is 123 Å². The number of aromatic nitrogens is 2. The number of carbonyl (C=O) groups excluding carboxylic acids is 1. The molecule has 0 aliphatic heterocycles. The van der Waals surface area contributed by atoms with Crippen LogP contribution in [0.25, 0.3) is 0 Å². The highest BCUT2D eigenvalue weighted by molar-refractivity contribution is 5.98. The van der Waals surface area contributed by atoms with Crippen LogP contribution in [0.4, 0.5) is 4.39 Å². The van der Waals surface area contributed by atoms with E-state index in [1.165, 1.54) is 25.3 Å². The molecule has 2 rings (SSSR count). The van der Waals surface area contributed by atoms with E-state index in [-0.39, 0.29) is 17.9 Å². The van der Waals surface area contributed by atoms with Gasteiger partial charge in [-0.2, -0.15) is 5.10 Å². The molecule has 1 aromatic carbocycles. The average Bonchev–Trinajstić information content (AvgIpc) is 2.72. The highest BCUT2D eigenvalue weighted by atomic mass is 19.1. The van der Waals surface area contributed by atoms with Crippen LogP contribution in [0.3, 0.4) is 0 Å². The SMILES string of the molecule is CCc1c(C)nn(CC(=O)c2cc(F)ccc2OC)c1C. The van der Waals surface area contributed by atoms with Crippen molar-refractivity contribution < 1.29 is 13.9 Å². The number of methoxy groups -OCH3 is 1. The van der Waals surface area contributed by atoms with Crippen LogP contribution in [0.5, 0.6) is 5.75 Å². The largest absolute Gasteiger partial charge is 0.496 e. The number of rotatable bonds is 5. The Morgan fingerprint density at radius 2 is 2.10 bits per heavy atom. The van der Waals surface area contributed by atoms with E-state index < -0.39 is 5.82 Å². The summed E-state index contributed by atoms with van der Waals surface area (Å²) in [5.74, 6) is -0.306. The van der Waals surface area contributed by atoms with E-state index in [0.717, 1.165) is 23.4 Å². The summed E-state index contributed by atoms with van der Waals surface area (Å²) in [5, 5.41) is 4.39. The Morgan fingerprint density at radius 1 is 1.38 bits per heavy atom. The molecular weight excluding hydrogens is 271 g/mol. The lowest BCUT2D eigenvalue weighted by Gasteiger charge is -2.09. The van der Waals surface area contributed by atoms with Gasteiger partial charge in [-0.15, -0.1) is 0 Å². The molecule has 0 N–H and O–H groups in total. The second kappa shape index (κ2) is 6.08. The molecule has 0 fully saturated rings. The van der Waals surface area contributed by atoms with E-state index >= 15 is 0 Å². The molecular formula is C16H19FN2O2. The fraction of sp³-hybridized carbons (Fsp3) is 0.375. The van der Waals surface area contributed by atoms with E-state index in [1.54, 1.807) is 4.68 Å². The van der Waals surface area contributed by atoms with E-state index in [9.17, 15) is 9.18 Å². The third kappa shape index (κ3) is 2.96. The second-order valence-corrected chi connectivity index (χ2v) is 4.93. The minimum atomic E-state index is -0.457. The molecule has 0 aliphatic rings. The minimum absolute atomic E-state index is 0.0759. The highest BCUT2D eigenvalue weighted by Crippen LogP contribution is 2.21. The molecule has 0 radical (unpaired) electrons. The van der Waals surface area contributed by atoms with Crippen molar-refractivity contribution in [2.75, 3.05) is 7.11 Å². The van der Waals surface area contributed by atoms with Gasteiger partial charge in [0.25, 0.3) is 0 Å². The lowest BCUT2D eigenvalue weighted by Crippen LogP contribution is -2.14. The van der Waals surface area contributed by atoms with Crippen molar-refractivity contribution in [2.24, 2.45) is 0 Å². The molecule has 0 unspecified atom stereocenters. The van der Waals surface area contributed by atoms with Gasteiger partial charge in [0.05, 0.1) is 18.4 Å². The third-order valence-electron chi connectivity index (χ3n) is 3.64. The van der Waals surface area contributed by atoms with Crippen molar-refractivity contribution >= 4 is 5.78 Å². The minimum Gasteiger partial charge on any atom is -0.496 e. The number of ether oxygens (including phenoxy) is 1. The number of benzene rings is 1. The van der Waals surface area contributed by atoms with Crippen LogP contribution < -0.4 is 4.74 Å². The number of carbonyl (C=O) groups is 1. The lowest BCUT2D eigenvalue weighted by atomic mass is 10.1. The predicted molar refractivity (Wildman–Crippen MR) is 78.4 cm³/mol. The van der Waals surface area contributed by atoms with Gasteiger partial charge in [-0.3, -0.25) is 9.48 Å². The Balaban J connectivity index is 2.32. The van der Waals surface area contributed by atoms with Gasteiger partial charge in [0.1, 0.15) is 18.1 Å². The first-order chi connectivity index (χ1) is 9.97. The van der Waals surface area contributed by atoms with E-state index in [1.807, 2.05) is 13.8 Å². The van der Waals surface area contributed by atoms with E-state index in [2.05, 4.69) is 12.0 Å². The number of halogens is 1. The molecule has 5 heteroatoms. The monoisotopic (exact) mass is 290 g/mol. The van der Waals surface area contributed by atoms with Crippen LogP contribution >= 0.6 is 0 Å². The van der Waals surface area contributed by atoms with Crippen LogP contribution in [0.1, 0.15) is 34.2 Å². The molecule has 0 amide bonds. The van der Waals surface area contributed by atoms with Gasteiger partial charge in [0.2, 0.25) is 0 Å². The van der Waals surface area contributed by atoms with E-state index in [4.69, 9.17) is 4.74 Å². The molecule has 0 atom stereocenters. The maximum atomic E-state index is 13.4. The van der Waals surface area contributed by atoms with Crippen LogP contribution in [0.2, 0.25) is 0 Å². The van der Waals surface area contributed by atoms with Crippen molar-refractivity contribution in [3.63, 3.8) is 0 Å². The van der Waals surface area contributed by atoms with Gasteiger partial charge in [-0.1, -0.05) is 6.92 Å². The number of hydrogen-bond acceptors (Lipinski definition) is 3. The molecule has 2 aromatic rings. The summed E-state index contributed by atoms with van der Waals surface area (Å²) in [5.41, 5.74) is 3.28. The van der Waals surface area contributed by atoms with Gasteiger partial charge in [-0.25, -0.2) is 4.39 Å². The first-order valence-electron chi connectivity index (χ1n) is 6.87. The molecule has 112 valence electrons. The molecule has 0 aliphatic carbocycles. The number of aryl methyl sites for hydroxylation is 1. The van der Waals surface area contributed by atoms with Crippen LogP contribution in [-0.2, 0) is 13.0 Å². The van der Waals surface area contributed by atoms with Crippen LogP contribution in [0, 0.1) is 19.7 Å². The van der Waals surface area contributed by atoms with Gasteiger partial charge in [0, 0.05) is 5.69 Å². The number of Topliss-reactive ketones (excluding diaryl/α,β-unsaturated/α-hetero) is 1. The molecule has 0 saturated heterocycles. The number of ketones is 1.